The number of aliphatic hydroxyl groups is 1. The molecule has 0 radical (unpaired) electrons. The zero-order valence-electron chi connectivity index (χ0n) is 9.94. The van der Waals surface area contributed by atoms with Gasteiger partial charge < -0.3 is 5.11 Å². The number of aryl methyl sites for hydroxylation is 2. The van der Waals surface area contributed by atoms with E-state index in [2.05, 4.69) is 15.9 Å². The molecule has 1 unspecified atom stereocenters. The SMILES string of the molecule is Cc1cccc(C(O)c2ccc(Br)cc2C)c1. The van der Waals surface area contributed by atoms with Crippen LogP contribution < -0.4 is 0 Å². The van der Waals surface area contributed by atoms with Gasteiger partial charge in [-0.05, 0) is 42.7 Å². The van der Waals surface area contributed by atoms with E-state index in [4.69, 9.17) is 0 Å². The molecule has 17 heavy (non-hydrogen) atoms. The summed E-state index contributed by atoms with van der Waals surface area (Å²) in [6.07, 6.45) is -0.553. The van der Waals surface area contributed by atoms with E-state index in [1.807, 2.05) is 56.3 Å². The van der Waals surface area contributed by atoms with Gasteiger partial charge in [-0.15, -0.1) is 0 Å². The van der Waals surface area contributed by atoms with Crippen molar-refractivity contribution in [3.05, 3.63) is 69.2 Å². The molecule has 0 saturated heterocycles. The van der Waals surface area contributed by atoms with Crippen molar-refractivity contribution in [2.45, 2.75) is 20.0 Å². The first-order valence-corrected chi connectivity index (χ1v) is 6.38. The Hall–Kier alpha value is -1.12. The fraction of sp³-hybridized carbons (Fsp3) is 0.200. The van der Waals surface area contributed by atoms with Crippen molar-refractivity contribution in [1.29, 1.82) is 0 Å². The minimum Gasteiger partial charge on any atom is -0.384 e. The molecule has 0 aliphatic rings. The highest BCUT2D eigenvalue weighted by Crippen LogP contribution is 2.27. The van der Waals surface area contributed by atoms with Crippen LogP contribution in [0.5, 0.6) is 0 Å². The maximum absolute atomic E-state index is 10.4. The monoisotopic (exact) mass is 290 g/mol. The fourth-order valence-electron chi connectivity index (χ4n) is 1.97. The van der Waals surface area contributed by atoms with E-state index in [-0.39, 0.29) is 0 Å². The fourth-order valence-corrected chi connectivity index (χ4v) is 2.44. The smallest absolute Gasteiger partial charge is 0.104 e. The van der Waals surface area contributed by atoms with Gasteiger partial charge >= 0.3 is 0 Å². The molecule has 0 aliphatic carbocycles. The second kappa shape index (κ2) is 5.03. The van der Waals surface area contributed by atoms with Crippen LogP contribution in [0.25, 0.3) is 0 Å². The summed E-state index contributed by atoms with van der Waals surface area (Å²) in [4.78, 5) is 0. The van der Waals surface area contributed by atoms with Crippen LogP contribution in [0.1, 0.15) is 28.4 Å². The Kier molecular flexibility index (Phi) is 3.65. The number of hydrogen-bond donors (Lipinski definition) is 1. The zero-order valence-corrected chi connectivity index (χ0v) is 11.5. The van der Waals surface area contributed by atoms with Gasteiger partial charge in [0.1, 0.15) is 6.10 Å². The first kappa shape index (κ1) is 12.3. The lowest BCUT2D eigenvalue weighted by Crippen LogP contribution is -2.02. The van der Waals surface area contributed by atoms with Gasteiger partial charge in [-0.1, -0.05) is 51.8 Å². The van der Waals surface area contributed by atoms with Crippen LogP contribution in [0.4, 0.5) is 0 Å². The van der Waals surface area contributed by atoms with E-state index in [0.717, 1.165) is 26.7 Å². The lowest BCUT2D eigenvalue weighted by molar-refractivity contribution is 0.219. The predicted octanol–water partition coefficient (Wildman–Crippen LogP) is 4.15. The topological polar surface area (TPSA) is 20.2 Å². The van der Waals surface area contributed by atoms with Gasteiger partial charge in [0.2, 0.25) is 0 Å². The van der Waals surface area contributed by atoms with Gasteiger partial charge in [0, 0.05) is 4.47 Å². The summed E-state index contributed by atoms with van der Waals surface area (Å²) in [5.41, 5.74) is 4.15. The molecule has 0 aromatic heterocycles. The van der Waals surface area contributed by atoms with E-state index in [1.54, 1.807) is 0 Å². The third-order valence-electron chi connectivity index (χ3n) is 2.88. The van der Waals surface area contributed by atoms with Crippen molar-refractivity contribution < 1.29 is 5.11 Å². The van der Waals surface area contributed by atoms with E-state index in [9.17, 15) is 5.11 Å². The van der Waals surface area contributed by atoms with Crippen LogP contribution in [-0.4, -0.2) is 5.11 Å². The Balaban J connectivity index is 2.40. The van der Waals surface area contributed by atoms with Crippen LogP contribution in [-0.2, 0) is 0 Å². The quantitative estimate of drug-likeness (QED) is 0.881. The maximum Gasteiger partial charge on any atom is 0.104 e. The molecule has 1 nitrogen and oxygen atoms in total. The lowest BCUT2D eigenvalue weighted by atomic mass is 9.97. The van der Waals surface area contributed by atoms with Crippen molar-refractivity contribution >= 4 is 15.9 Å². The molecule has 0 spiro atoms. The van der Waals surface area contributed by atoms with Crippen LogP contribution >= 0.6 is 15.9 Å². The minimum absolute atomic E-state index is 0.553. The highest BCUT2D eigenvalue weighted by atomic mass is 79.9. The lowest BCUT2D eigenvalue weighted by Gasteiger charge is -2.15. The number of hydrogen-bond acceptors (Lipinski definition) is 1. The summed E-state index contributed by atoms with van der Waals surface area (Å²) in [7, 11) is 0. The Morgan fingerprint density at radius 3 is 2.47 bits per heavy atom. The van der Waals surface area contributed by atoms with E-state index in [0.29, 0.717) is 0 Å². The van der Waals surface area contributed by atoms with Crippen molar-refractivity contribution in [2.24, 2.45) is 0 Å². The third-order valence-corrected chi connectivity index (χ3v) is 3.38. The van der Waals surface area contributed by atoms with Gasteiger partial charge in [-0.25, -0.2) is 0 Å². The van der Waals surface area contributed by atoms with E-state index in [1.165, 1.54) is 0 Å². The first-order valence-electron chi connectivity index (χ1n) is 5.58. The van der Waals surface area contributed by atoms with Crippen molar-refractivity contribution in [1.82, 2.24) is 0 Å². The summed E-state index contributed by atoms with van der Waals surface area (Å²) in [5.74, 6) is 0. The number of halogens is 1. The number of aliphatic hydroxyl groups excluding tert-OH is 1. The third kappa shape index (κ3) is 2.76. The van der Waals surface area contributed by atoms with Gasteiger partial charge in [0.25, 0.3) is 0 Å². The van der Waals surface area contributed by atoms with Crippen LogP contribution in [0.2, 0.25) is 0 Å². The molecule has 2 rings (SSSR count). The molecule has 0 amide bonds. The standard InChI is InChI=1S/C15H15BrO/c1-10-4-3-5-12(8-10)15(17)14-7-6-13(16)9-11(14)2/h3-9,15,17H,1-2H3. The summed E-state index contributed by atoms with van der Waals surface area (Å²) < 4.78 is 1.04. The maximum atomic E-state index is 10.4. The first-order chi connectivity index (χ1) is 8.08. The molecule has 2 heteroatoms. The Labute approximate surface area is 110 Å². The molecule has 1 atom stereocenters. The van der Waals surface area contributed by atoms with Gasteiger partial charge in [-0.3, -0.25) is 0 Å². The Morgan fingerprint density at radius 1 is 1.06 bits per heavy atom. The average molecular weight is 291 g/mol. The molecule has 2 aromatic carbocycles. The van der Waals surface area contributed by atoms with Crippen LogP contribution in [0, 0.1) is 13.8 Å². The predicted molar refractivity (Wildman–Crippen MR) is 74.1 cm³/mol. The van der Waals surface area contributed by atoms with Crippen molar-refractivity contribution in [3.63, 3.8) is 0 Å². The van der Waals surface area contributed by atoms with Gasteiger partial charge in [0.05, 0.1) is 0 Å². The molecule has 88 valence electrons. The van der Waals surface area contributed by atoms with Gasteiger partial charge in [-0.2, -0.15) is 0 Å². The minimum atomic E-state index is -0.553. The molecule has 0 bridgehead atoms. The summed E-state index contributed by atoms with van der Waals surface area (Å²) in [6, 6.07) is 13.9. The number of benzene rings is 2. The van der Waals surface area contributed by atoms with E-state index < -0.39 is 6.10 Å². The summed E-state index contributed by atoms with van der Waals surface area (Å²) in [6.45, 7) is 4.05. The number of rotatable bonds is 2. The van der Waals surface area contributed by atoms with E-state index >= 15 is 0 Å². The largest absolute Gasteiger partial charge is 0.384 e. The van der Waals surface area contributed by atoms with Crippen molar-refractivity contribution in [2.75, 3.05) is 0 Å². The second-order valence-electron chi connectivity index (χ2n) is 4.32. The van der Waals surface area contributed by atoms with Crippen molar-refractivity contribution in [3.8, 4) is 0 Å². The summed E-state index contributed by atoms with van der Waals surface area (Å²) >= 11 is 3.43. The molecule has 2 aromatic rings. The second-order valence-corrected chi connectivity index (χ2v) is 5.23. The molecule has 0 fully saturated rings. The molecular weight excluding hydrogens is 276 g/mol. The van der Waals surface area contributed by atoms with Crippen LogP contribution in [0.3, 0.4) is 0 Å². The zero-order chi connectivity index (χ0) is 12.4. The summed E-state index contributed by atoms with van der Waals surface area (Å²) in [5, 5.41) is 10.4. The Morgan fingerprint density at radius 2 is 1.82 bits per heavy atom. The van der Waals surface area contributed by atoms with Crippen LogP contribution in [0.15, 0.2) is 46.9 Å². The average Bonchev–Trinajstić information content (AvgIpc) is 2.28. The highest BCUT2D eigenvalue weighted by Gasteiger charge is 2.12. The molecular formula is C15H15BrO. The molecule has 0 aliphatic heterocycles. The highest BCUT2D eigenvalue weighted by molar-refractivity contribution is 9.10. The Bertz CT molecular complexity index is 534. The molecule has 1 N–H and O–H groups in total. The molecule has 0 heterocycles. The molecule has 0 saturated carbocycles. The normalized spacial score (nSPS) is 12.5. The van der Waals surface area contributed by atoms with Gasteiger partial charge in [0.15, 0.2) is 0 Å².